The fraction of sp³-hybridized carbons (Fsp3) is 0.455. The van der Waals surface area contributed by atoms with Crippen LogP contribution in [0.15, 0.2) is 10.9 Å². The zero-order valence-corrected chi connectivity index (χ0v) is 10.7. The van der Waals surface area contributed by atoms with E-state index < -0.39 is 0 Å². The van der Waals surface area contributed by atoms with Crippen LogP contribution in [0.5, 0.6) is 0 Å². The third-order valence-electron chi connectivity index (χ3n) is 2.59. The Balaban J connectivity index is 1.96. The summed E-state index contributed by atoms with van der Waals surface area (Å²) in [6.07, 6.45) is 0.631. The van der Waals surface area contributed by atoms with E-state index >= 15 is 0 Å². The van der Waals surface area contributed by atoms with Crippen LogP contribution in [-0.2, 0) is 13.5 Å². The van der Waals surface area contributed by atoms with Gasteiger partial charge in [-0.2, -0.15) is 5.10 Å². The average Bonchev–Trinajstić information content (AvgIpc) is 2.59. The summed E-state index contributed by atoms with van der Waals surface area (Å²) in [6, 6.07) is 1.92. The highest BCUT2D eigenvalue weighted by Gasteiger charge is 2.04. The first-order valence-corrected chi connectivity index (χ1v) is 5.72. The normalized spacial score (nSPS) is 10.6. The number of nitrogens with one attached hydrogen (secondary N) is 2. The zero-order valence-electron chi connectivity index (χ0n) is 10.7. The number of aromatic amines is 1. The van der Waals surface area contributed by atoms with Crippen molar-refractivity contribution in [1.82, 2.24) is 24.7 Å². The number of hydrogen-bond donors (Lipinski definition) is 2. The second kappa shape index (κ2) is 4.99. The molecular weight excluding hydrogens is 232 g/mol. The van der Waals surface area contributed by atoms with Gasteiger partial charge in [0.25, 0.3) is 0 Å². The Labute approximate surface area is 104 Å². The third kappa shape index (κ3) is 2.73. The van der Waals surface area contributed by atoms with E-state index in [9.17, 15) is 4.79 Å². The molecule has 0 saturated heterocycles. The molecule has 0 saturated carbocycles. The molecule has 96 valence electrons. The molecule has 0 radical (unpaired) electrons. The molecule has 7 heteroatoms. The molecule has 2 N–H and O–H groups in total. The van der Waals surface area contributed by atoms with E-state index in [1.165, 1.54) is 4.57 Å². The Hall–Kier alpha value is -2.18. The van der Waals surface area contributed by atoms with E-state index in [1.807, 2.05) is 19.9 Å². The molecule has 0 unspecified atom stereocenters. The third-order valence-corrected chi connectivity index (χ3v) is 2.59. The number of nitrogens with zero attached hydrogens (tertiary/aromatic N) is 4. The van der Waals surface area contributed by atoms with Crippen LogP contribution in [0.25, 0.3) is 0 Å². The average molecular weight is 248 g/mol. The molecule has 0 aliphatic carbocycles. The van der Waals surface area contributed by atoms with Crippen molar-refractivity contribution >= 4 is 5.95 Å². The van der Waals surface area contributed by atoms with Gasteiger partial charge in [0.15, 0.2) is 0 Å². The van der Waals surface area contributed by atoms with Crippen LogP contribution < -0.4 is 11.0 Å². The molecule has 0 aliphatic heterocycles. The van der Waals surface area contributed by atoms with Gasteiger partial charge in [0.2, 0.25) is 5.95 Å². The fourth-order valence-electron chi connectivity index (χ4n) is 1.69. The molecule has 0 bridgehead atoms. The van der Waals surface area contributed by atoms with Crippen LogP contribution in [0.2, 0.25) is 0 Å². The van der Waals surface area contributed by atoms with Crippen molar-refractivity contribution in [3.05, 3.63) is 33.8 Å². The lowest BCUT2D eigenvalue weighted by Crippen LogP contribution is -2.17. The summed E-state index contributed by atoms with van der Waals surface area (Å²) in [4.78, 5) is 19.7. The highest BCUT2D eigenvalue weighted by Crippen LogP contribution is 2.03. The number of hydrogen-bond acceptors (Lipinski definition) is 5. The summed E-state index contributed by atoms with van der Waals surface area (Å²) in [7, 11) is 1.69. The van der Waals surface area contributed by atoms with E-state index in [0.29, 0.717) is 24.7 Å². The van der Waals surface area contributed by atoms with Gasteiger partial charge in [0.05, 0.1) is 0 Å². The van der Waals surface area contributed by atoms with Crippen molar-refractivity contribution in [3.63, 3.8) is 0 Å². The van der Waals surface area contributed by atoms with Crippen LogP contribution in [0, 0.1) is 13.8 Å². The summed E-state index contributed by atoms with van der Waals surface area (Å²) in [6.45, 7) is 4.48. The number of aryl methyl sites for hydroxylation is 2. The summed E-state index contributed by atoms with van der Waals surface area (Å²) >= 11 is 0. The minimum Gasteiger partial charge on any atom is -0.354 e. The molecule has 2 rings (SSSR count). The molecule has 0 atom stereocenters. The smallest absolute Gasteiger partial charge is 0.343 e. The molecule has 2 aromatic rings. The monoisotopic (exact) mass is 248 g/mol. The van der Waals surface area contributed by atoms with Gasteiger partial charge >= 0.3 is 5.69 Å². The van der Waals surface area contributed by atoms with E-state index in [4.69, 9.17) is 0 Å². The van der Waals surface area contributed by atoms with Crippen LogP contribution in [0.4, 0.5) is 5.95 Å². The first-order valence-electron chi connectivity index (χ1n) is 5.72. The number of aromatic nitrogens is 5. The van der Waals surface area contributed by atoms with Gasteiger partial charge in [0.1, 0.15) is 5.82 Å². The Morgan fingerprint density at radius 1 is 1.33 bits per heavy atom. The number of anilines is 1. The lowest BCUT2D eigenvalue weighted by atomic mass is 10.3. The Morgan fingerprint density at radius 3 is 2.56 bits per heavy atom. The van der Waals surface area contributed by atoms with Crippen molar-refractivity contribution in [1.29, 1.82) is 0 Å². The molecule has 7 nitrogen and oxygen atoms in total. The van der Waals surface area contributed by atoms with Gasteiger partial charge in [-0.15, -0.1) is 0 Å². The fourth-order valence-corrected chi connectivity index (χ4v) is 1.69. The van der Waals surface area contributed by atoms with E-state index in [1.54, 1.807) is 7.05 Å². The summed E-state index contributed by atoms with van der Waals surface area (Å²) in [5.41, 5.74) is 1.65. The van der Waals surface area contributed by atoms with Crippen LogP contribution in [0.1, 0.15) is 17.2 Å². The topological polar surface area (TPSA) is 88.5 Å². The highest BCUT2D eigenvalue weighted by molar-refractivity contribution is 5.27. The van der Waals surface area contributed by atoms with Gasteiger partial charge in [-0.05, 0) is 19.9 Å². The van der Waals surface area contributed by atoms with E-state index in [0.717, 1.165) is 11.4 Å². The Bertz CT molecular complexity index is 580. The quantitative estimate of drug-likeness (QED) is 0.805. The standard InChI is InChI=1S/C11H16N6O/c1-7-6-8(2)14-10(13-7)12-5-4-9-15-16-11(18)17(9)3/h6H,4-5H2,1-3H3,(H,16,18)(H,12,13,14). The number of H-pyrrole nitrogens is 1. The number of rotatable bonds is 4. The zero-order chi connectivity index (χ0) is 13.1. The molecule has 0 spiro atoms. The van der Waals surface area contributed by atoms with Crippen LogP contribution in [-0.4, -0.2) is 31.3 Å². The first-order chi connectivity index (χ1) is 8.56. The Kier molecular flexibility index (Phi) is 3.40. The lowest BCUT2D eigenvalue weighted by molar-refractivity contribution is 0.768. The summed E-state index contributed by atoms with van der Waals surface area (Å²) in [5.74, 6) is 1.31. The molecule has 2 aromatic heterocycles. The second-order valence-electron chi connectivity index (χ2n) is 4.16. The molecule has 0 amide bonds. The van der Waals surface area contributed by atoms with Crippen molar-refractivity contribution in [3.8, 4) is 0 Å². The highest BCUT2D eigenvalue weighted by atomic mass is 16.1. The molecular formula is C11H16N6O. The van der Waals surface area contributed by atoms with Crippen molar-refractivity contribution in [2.75, 3.05) is 11.9 Å². The molecule has 0 aromatic carbocycles. The van der Waals surface area contributed by atoms with Crippen molar-refractivity contribution in [2.45, 2.75) is 20.3 Å². The van der Waals surface area contributed by atoms with Gasteiger partial charge in [-0.25, -0.2) is 19.9 Å². The van der Waals surface area contributed by atoms with Crippen molar-refractivity contribution in [2.24, 2.45) is 7.05 Å². The largest absolute Gasteiger partial charge is 0.354 e. The first kappa shape index (κ1) is 12.3. The molecule has 0 aliphatic rings. The van der Waals surface area contributed by atoms with Gasteiger partial charge < -0.3 is 5.32 Å². The van der Waals surface area contributed by atoms with Crippen LogP contribution >= 0.6 is 0 Å². The van der Waals surface area contributed by atoms with Crippen LogP contribution in [0.3, 0.4) is 0 Å². The van der Waals surface area contributed by atoms with E-state index in [2.05, 4.69) is 25.5 Å². The van der Waals surface area contributed by atoms with Gasteiger partial charge in [-0.3, -0.25) is 4.57 Å². The molecule has 0 fully saturated rings. The van der Waals surface area contributed by atoms with E-state index in [-0.39, 0.29) is 5.69 Å². The molecule has 18 heavy (non-hydrogen) atoms. The summed E-state index contributed by atoms with van der Waals surface area (Å²) < 4.78 is 1.49. The predicted molar refractivity (Wildman–Crippen MR) is 67.5 cm³/mol. The maximum atomic E-state index is 11.2. The van der Waals surface area contributed by atoms with Gasteiger partial charge in [-0.1, -0.05) is 0 Å². The molecule has 2 heterocycles. The second-order valence-corrected chi connectivity index (χ2v) is 4.16. The minimum atomic E-state index is -0.201. The minimum absolute atomic E-state index is 0.201. The Morgan fingerprint density at radius 2 is 2.00 bits per heavy atom. The van der Waals surface area contributed by atoms with Crippen molar-refractivity contribution < 1.29 is 0 Å². The SMILES string of the molecule is Cc1cc(C)nc(NCCc2n[nH]c(=O)n2C)n1. The predicted octanol–water partition coefficient (Wildman–Crippen LogP) is 0.170. The maximum absolute atomic E-state index is 11.2. The van der Waals surface area contributed by atoms with Gasteiger partial charge in [0, 0.05) is 31.4 Å². The summed E-state index contributed by atoms with van der Waals surface area (Å²) in [5, 5.41) is 9.45. The lowest BCUT2D eigenvalue weighted by Gasteiger charge is -2.05. The maximum Gasteiger partial charge on any atom is 0.343 e.